The van der Waals surface area contributed by atoms with E-state index >= 15 is 0 Å². The molecule has 0 saturated carbocycles. The van der Waals surface area contributed by atoms with Crippen molar-refractivity contribution >= 4 is 43.8 Å². The maximum Gasteiger partial charge on any atom is 0.0723 e. The van der Waals surface area contributed by atoms with Gasteiger partial charge in [0.2, 0.25) is 0 Å². The molecule has 1 aliphatic rings. The monoisotopic (exact) mass is 374 g/mol. The van der Waals surface area contributed by atoms with Crippen LogP contribution in [0, 0.1) is 0 Å². The minimum Gasteiger partial charge on any atom is -0.284 e. The van der Waals surface area contributed by atoms with Gasteiger partial charge in [0, 0.05) is 21.4 Å². The molecule has 0 fully saturated rings. The molecule has 0 spiro atoms. The highest BCUT2D eigenvalue weighted by Gasteiger charge is 2.17. The van der Waals surface area contributed by atoms with Crippen molar-refractivity contribution in [2.45, 2.75) is 6.54 Å². The molecule has 24 heavy (non-hydrogen) atoms. The van der Waals surface area contributed by atoms with E-state index in [1.807, 2.05) is 0 Å². The average Bonchev–Trinajstić information content (AvgIpc) is 2.94. The third-order valence-electron chi connectivity index (χ3n) is 4.68. The predicted octanol–water partition coefficient (Wildman–Crippen LogP) is 5.68. The topological polar surface area (TPSA) is 8.17 Å². The van der Waals surface area contributed by atoms with Gasteiger partial charge in [0.1, 0.15) is 0 Å². The van der Waals surface area contributed by atoms with E-state index in [0.717, 1.165) is 11.0 Å². The van der Waals surface area contributed by atoms with Crippen molar-refractivity contribution in [3.8, 4) is 0 Å². The Kier molecular flexibility index (Phi) is 3.03. The van der Waals surface area contributed by atoms with Gasteiger partial charge in [0.25, 0.3) is 0 Å². The lowest BCUT2D eigenvalue weighted by molar-refractivity contribution is 0.720. The van der Waals surface area contributed by atoms with Crippen molar-refractivity contribution in [3.63, 3.8) is 0 Å². The first kappa shape index (κ1) is 13.9. The second kappa shape index (κ2) is 5.25. The number of nitrogens with zero attached hydrogens (tertiary/aromatic N) is 2. The lowest BCUT2D eigenvalue weighted by Gasteiger charge is -2.28. The normalized spacial score (nSPS) is 13.6. The quantitative estimate of drug-likeness (QED) is 0.416. The van der Waals surface area contributed by atoms with Gasteiger partial charge in [-0.2, -0.15) is 0 Å². The maximum absolute atomic E-state index is 3.62. The maximum atomic E-state index is 3.62. The molecule has 0 aliphatic carbocycles. The molecule has 0 amide bonds. The second-order valence-corrected chi connectivity index (χ2v) is 7.02. The lowest BCUT2D eigenvalue weighted by atomic mass is 10.1. The van der Waals surface area contributed by atoms with Crippen LogP contribution in [0.5, 0.6) is 0 Å². The molecule has 1 aromatic heterocycles. The largest absolute Gasteiger partial charge is 0.284 e. The summed E-state index contributed by atoms with van der Waals surface area (Å²) in [5, 5.41) is 4.85. The van der Waals surface area contributed by atoms with Gasteiger partial charge in [0.05, 0.1) is 17.6 Å². The van der Waals surface area contributed by atoms with Crippen molar-refractivity contribution in [1.29, 1.82) is 0 Å². The first-order chi connectivity index (χ1) is 11.8. The number of benzene rings is 3. The average molecular weight is 375 g/mol. The molecule has 3 heteroatoms. The van der Waals surface area contributed by atoms with Gasteiger partial charge in [-0.25, -0.2) is 0 Å². The van der Waals surface area contributed by atoms with E-state index in [2.05, 4.69) is 105 Å². The predicted molar refractivity (Wildman–Crippen MR) is 105 cm³/mol. The van der Waals surface area contributed by atoms with Crippen LogP contribution in [0.1, 0.15) is 11.1 Å². The number of hydrogen-bond acceptors (Lipinski definition) is 1. The molecule has 5 rings (SSSR count). The lowest BCUT2D eigenvalue weighted by Crippen LogP contribution is -2.30. The minimum absolute atomic E-state index is 0.868. The summed E-state index contributed by atoms with van der Waals surface area (Å²) in [5.41, 5.74) is 5.10. The summed E-state index contributed by atoms with van der Waals surface area (Å²) >= 11 is 3.62. The molecule has 0 radical (unpaired) electrons. The molecule has 2 heterocycles. The number of halogens is 1. The third kappa shape index (κ3) is 2.01. The van der Waals surface area contributed by atoms with E-state index in [0.29, 0.717) is 0 Å². The zero-order valence-electron chi connectivity index (χ0n) is 13.0. The van der Waals surface area contributed by atoms with Crippen LogP contribution in [0.25, 0.3) is 27.9 Å². The van der Waals surface area contributed by atoms with Crippen LogP contribution in [-0.2, 0) is 6.54 Å². The van der Waals surface area contributed by atoms with E-state index in [1.54, 1.807) is 0 Å². The van der Waals surface area contributed by atoms with Gasteiger partial charge in [0.15, 0.2) is 0 Å². The van der Waals surface area contributed by atoms with Crippen LogP contribution in [0.3, 0.4) is 0 Å². The summed E-state index contributed by atoms with van der Waals surface area (Å²) in [6, 6.07) is 23.7. The van der Waals surface area contributed by atoms with Gasteiger partial charge < -0.3 is 0 Å². The van der Waals surface area contributed by atoms with Crippen LogP contribution in [-0.4, -0.2) is 4.68 Å². The summed E-state index contributed by atoms with van der Waals surface area (Å²) in [4.78, 5) is 0. The Bertz CT molecular complexity index is 1110. The smallest absolute Gasteiger partial charge is 0.0723 e. The highest BCUT2D eigenvalue weighted by atomic mass is 79.9. The molecule has 4 aromatic rings. The zero-order chi connectivity index (χ0) is 16.1. The highest BCUT2D eigenvalue weighted by molar-refractivity contribution is 9.10. The number of para-hydroxylation sites is 1. The number of aromatic nitrogens is 1. The van der Waals surface area contributed by atoms with Crippen molar-refractivity contribution < 1.29 is 0 Å². The standard InChI is InChI=1S/C21H15BrN2/c22-17-9-10-19-18-7-3-4-8-20(18)24(21(19)13-17)23-12-11-15-5-1-2-6-16(15)14-23/h1-13H,14H2. The molecule has 3 aromatic carbocycles. The summed E-state index contributed by atoms with van der Waals surface area (Å²) in [6.07, 6.45) is 4.37. The fourth-order valence-electron chi connectivity index (χ4n) is 3.57. The van der Waals surface area contributed by atoms with E-state index in [9.17, 15) is 0 Å². The Labute approximate surface area is 148 Å². The Morgan fingerprint density at radius 3 is 2.54 bits per heavy atom. The highest BCUT2D eigenvalue weighted by Crippen LogP contribution is 2.32. The fourth-order valence-corrected chi connectivity index (χ4v) is 3.92. The number of hydrogen-bond donors (Lipinski definition) is 0. The van der Waals surface area contributed by atoms with Crippen LogP contribution in [0.15, 0.2) is 77.4 Å². The molecular weight excluding hydrogens is 360 g/mol. The number of fused-ring (bicyclic) bond motifs is 4. The molecular formula is C21H15BrN2. The Morgan fingerprint density at radius 1 is 0.792 bits per heavy atom. The van der Waals surface area contributed by atoms with E-state index in [4.69, 9.17) is 0 Å². The van der Waals surface area contributed by atoms with Gasteiger partial charge in [-0.1, -0.05) is 64.5 Å². The van der Waals surface area contributed by atoms with Gasteiger partial charge in [-0.05, 0) is 35.4 Å². The zero-order valence-corrected chi connectivity index (χ0v) is 14.6. The van der Waals surface area contributed by atoms with Gasteiger partial charge in [-0.3, -0.25) is 9.69 Å². The molecule has 0 saturated heterocycles. The summed E-state index contributed by atoms with van der Waals surface area (Å²) in [5.74, 6) is 0. The van der Waals surface area contributed by atoms with E-state index in [-0.39, 0.29) is 0 Å². The number of rotatable bonds is 1. The molecule has 1 aliphatic heterocycles. The van der Waals surface area contributed by atoms with Crippen LogP contribution >= 0.6 is 15.9 Å². The van der Waals surface area contributed by atoms with E-state index < -0.39 is 0 Å². The minimum atomic E-state index is 0.868. The van der Waals surface area contributed by atoms with Crippen molar-refractivity contribution in [1.82, 2.24) is 4.68 Å². The summed E-state index contributed by atoms with van der Waals surface area (Å²) < 4.78 is 3.42. The first-order valence-electron chi connectivity index (χ1n) is 8.03. The molecule has 2 nitrogen and oxygen atoms in total. The Hall–Kier alpha value is -2.52. The molecule has 116 valence electrons. The molecule has 0 bridgehead atoms. The van der Waals surface area contributed by atoms with Crippen LogP contribution in [0.4, 0.5) is 0 Å². The second-order valence-electron chi connectivity index (χ2n) is 6.10. The molecule has 0 unspecified atom stereocenters. The van der Waals surface area contributed by atoms with Crippen molar-refractivity contribution in [2.75, 3.05) is 5.01 Å². The van der Waals surface area contributed by atoms with Crippen molar-refractivity contribution in [2.24, 2.45) is 0 Å². The summed E-state index contributed by atoms with van der Waals surface area (Å²) in [7, 11) is 0. The first-order valence-corrected chi connectivity index (χ1v) is 8.82. The van der Waals surface area contributed by atoms with Crippen LogP contribution < -0.4 is 5.01 Å². The fraction of sp³-hybridized carbons (Fsp3) is 0.0476. The Morgan fingerprint density at radius 2 is 1.58 bits per heavy atom. The van der Waals surface area contributed by atoms with Gasteiger partial charge in [-0.15, -0.1) is 0 Å². The molecule has 0 N–H and O–H groups in total. The Balaban J connectivity index is 1.78. The SMILES string of the molecule is Brc1ccc2c3ccccc3n(N3C=Cc4ccccc4C3)c2c1. The van der Waals surface area contributed by atoms with Gasteiger partial charge >= 0.3 is 0 Å². The third-order valence-corrected chi connectivity index (χ3v) is 5.17. The molecule has 0 atom stereocenters. The van der Waals surface area contributed by atoms with E-state index in [1.165, 1.54) is 32.9 Å². The van der Waals surface area contributed by atoms with Crippen LogP contribution in [0.2, 0.25) is 0 Å². The summed E-state index contributed by atoms with van der Waals surface area (Å²) in [6.45, 7) is 0.868. The van der Waals surface area contributed by atoms with Crippen molar-refractivity contribution in [3.05, 3.63) is 88.5 Å².